The lowest BCUT2D eigenvalue weighted by Gasteiger charge is -2.08. The fourth-order valence-electron chi connectivity index (χ4n) is 1.94. The third kappa shape index (κ3) is 5.02. The number of aryl methyl sites for hydroxylation is 1. The van der Waals surface area contributed by atoms with Gasteiger partial charge in [0.25, 0.3) is 5.91 Å². The van der Waals surface area contributed by atoms with Gasteiger partial charge in [-0.15, -0.1) is 10.2 Å². The molecule has 1 N–H and O–H groups in total. The summed E-state index contributed by atoms with van der Waals surface area (Å²) in [6.07, 6.45) is -0.521. The molecule has 2 rings (SSSR count). The van der Waals surface area contributed by atoms with Crippen LogP contribution in [0.3, 0.4) is 0 Å². The maximum Gasteiger partial charge on any atom is 0.416 e. The third-order valence-electron chi connectivity index (χ3n) is 3.13. The summed E-state index contributed by atoms with van der Waals surface area (Å²) in [5, 5.41) is 11.4. The number of benzene rings is 1. The molecule has 0 atom stereocenters. The highest BCUT2D eigenvalue weighted by Gasteiger charge is 2.30. The molecule has 0 saturated heterocycles. The van der Waals surface area contributed by atoms with E-state index in [1.165, 1.54) is 23.5 Å². The summed E-state index contributed by atoms with van der Waals surface area (Å²) in [7, 11) is 0. The molecule has 1 aromatic heterocycles. The second-order valence-corrected chi connectivity index (χ2v) is 6.05. The zero-order valence-electron chi connectivity index (χ0n) is 12.5. The average molecular weight is 343 g/mol. The Balaban J connectivity index is 2.02. The molecule has 0 bridgehead atoms. The van der Waals surface area contributed by atoms with Gasteiger partial charge in [0.15, 0.2) is 0 Å². The van der Waals surface area contributed by atoms with Crippen LogP contribution < -0.4 is 5.32 Å². The van der Waals surface area contributed by atoms with Crippen molar-refractivity contribution in [2.45, 2.75) is 38.8 Å². The van der Waals surface area contributed by atoms with Crippen molar-refractivity contribution in [3.05, 3.63) is 40.4 Å². The predicted molar refractivity (Wildman–Crippen MR) is 82.5 cm³/mol. The molecule has 0 fully saturated rings. The quantitative estimate of drug-likeness (QED) is 0.783. The molecule has 0 saturated carbocycles. The predicted octanol–water partition coefficient (Wildman–Crippen LogP) is 4.54. The Morgan fingerprint density at radius 3 is 2.74 bits per heavy atom. The van der Waals surface area contributed by atoms with Crippen LogP contribution in [0.15, 0.2) is 24.3 Å². The third-order valence-corrected chi connectivity index (χ3v) is 4.03. The van der Waals surface area contributed by atoms with Crippen LogP contribution in [0.2, 0.25) is 0 Å². The van der Waals surface area contributed by atoms with Crippen molar-refractivity contribution >= 4 is 22.4 Å². The van der Waals surface area contributed by atoms with Gasteiger partial charge in [0.05, 0.1) is 5.56 Å². The van der Waals surface area contributed by atoms with Crippen LogP contribution in [0.1, 0.15) is 47.1 Å². The Labute approximate surface area is 135 Å². The molecule has 23 heavy (non-hydrogen) atoms. The minimum absolute atomic E-state index is 0.0671. The smallest absolute Gasteiger partial charge is 0.296 e. The second-order valence-electron chi connectivity index (χ2n) is 4.99. The molecule has 124 valence electrons. The van der Waals surface area contributed by atoms with Crippen LogP contribution in [0.25, 0.3) is 0 Å². The highest BCUT2D eigenvalue weighted by atomic mass is 32.1. The molecule has 1 heterocycles. The first kappa shape index (κ1) is 17.4. The molecular formula is C15H16F3N3OS. The number of nitrogens with one attached hydrogen (secondary N) is 1. The van der Waals surface area contributed by atoms with Crippen molar-refractivity contribution in [1.82, 2.24) is 10.2 Å². The molecule has 0 aliphatic carbocycles. The fraction of sp³-hybridized carbons (Fsp3) is 0.400. The van der Waals surface area contributed by atoms with Crippen LogP contribution in [0, 0.1) is 0 Å². The highest BCUT2D eigenvalue weighted by Crippen LogP contribution is 2.29. The van der Waals surface area contributed by atoms with Crippen molar-refractivity contribution in [2.24, 2.45) is 0 Å². The monoisotopic (exact) mass is 343 g/mol. The Morgan fingerprint density at radius 1 is 1.26 bits per heavy atom. The van der Waals surface area contributed by atoms with E-state index in [-0.39, 0.29) is 5.56 Å². The van der Waals surface area contributed by atoms with Gasteiger partial charge in [-0.05, 0) is 24.6 Å². The molecule has 8 heteroatoms. The first-order valence-electron chi connectivity index (χ1n) is 7.21. The maximum atomic E-state index is 12.7. The van der Waals surface area contributed by atoms with Crippen molar-refractivity contribution < 1.29 is 18.0 Å². The zero-order chi connectivity index (χ0) is 16.9. The number of hydrogen-bond acceptors (Lipinski definition) is 4. The van der Waals surface area contributed by atoms with Gasteiger partial charge in [0.1, 0.15) is 5.01 Å². The molecule has 0 aliphatic heterocycles. The van der Waals surface area contributed by atoms with E-state index in [4.69, 9.17) is 0 Å². The lowest BCUT2D eigenvalue weighted by atomic mass is 10.1. The summed E-state index contributed by atoms with van der Waals surface area (Å²) in [4.78, 5) is 12.0. The van der Waals surface area contributed by atoms with E-state index in [0.717, 1.165) is 42.8 Å². The molecule has 0 aliphatic rings. The van der Waals surface area contributed by atoms with E-state index in [1.54, 1.807) is 0 Å². The van der Waals surface area contributed by atoms with Gasteiger partial charge in [-0.1, -0.05) is 37.2 Å². The van der Waals surface area contributed by atoms with Crippen LogP contribution in [-0.4, -0.2) is 16.1 Å². The van der Waals surface area contributed by atoms with Crippen LogP contribution in [-0.2, 0) is 12.6 Å². The van der Waals surface area contributed by atoms with Crippen molar-refractivity contribution in [2.75, 3.05) is 5.32 Å². The van der Waals surface area contributed by atoms with Crippen molar-refractivity contribution in [3.8, 4) is 0 Å². The minimum atomic E-state index is -4.48. The zero-order valence-corrected chi connectivity index (χ0v) is 13.3. The van der Waals surface area contributed by atoms with E-state index < -0.39 is 17.6 Å². The SMILES string of the molecule is CCCCCc1nnc(NC(=O)c2cccc(C(F)(F)F)c2)s1. The molecule has 0 spiro atoms. The Bertz CT molecular complexity index is 670. The van der Waals surface area contributed by atoms with Crippen LogP contribution in [0.5, 0.6) is 0 Å². The molecule has 2 aromatic rings. The van der Waals surface area contributed by atoms with Gasteiger partial charge in [0.2, 0.25) is 5.13 Å². The number of aromatic nitrogens is 2. The summed E-state index contributed by atoms with van der Waals surface area (Å²) in [5.41, 5.74) is -0.926. The van der Waals surface area contributed by atoms with Gasteiger partial charge in [-0.25, -0.2) is 0 Å². The number of hydrogen-bond donors (Lipinski definition) is 1. The van der Waals surface area contributed by atoms with E-state index in [0.29, 0.717) is 5.13 Å². The number of amides is 1. The van der Waals surface area contributed by atoms with Gasteiger partial charge in [-0.3, -0.25) is 10.1 Å². The largest absolute Gasteiger partial charge is 0.416 e. The Hall–Kier alpha value is -1.96. The molecular weight excluding hydrogens is 327 g/mol. The number of carbonyl (C=O) groups is 1. The molecule has 0 unspecified atom stereocenters. The number of rotatable bonds is 6. The van der Waals surface area contributed by atoms with Crippen LogP contribution in [0.4, 0.5) is 18.3 Å². The summed E-state index contributed by atoms with van der Waals surface area (Å²) in [6, 6.07) is 4.27. The van der Waals surface area contributed by atoms with Crippen molar-refractivity contribution in [1.29, 1.82) is 0 Å². The van der Waals surface area contributed by atoms with Gasteiger partial charge >= 0.3 is 6.18 Å². The summed E-state index contributed by atoms with van der Waals surface area (Å²) < 4.78 is 38.0. The standard InChI is InChI=1S/C15H16F3N3OS/c1-2-3-4-8-12-20-21-14(23-12)19-13(22)10-6-5-7-11(9-10)15(16,17)18/h5-7,9H,2-4,8H2,1H3,(H,19,21,22). The van der Waals surface area contributed by atoms with Gasteiger partial charge in [0, 0.05) is 12.0 Å². The number of alkyl halides is 3. The summed E-state index contributed by atoms with van der Waals surface area (Å²) in [6.45, 7) is 2.10. The molecule has 1 amide bonds. The number of nitrogens with zero attached hydrogens (tertiary/aromatic N) is 2. The second kappa shape index (κ2) is 7.54. The van der Waals surface area contributed by atoms with Crippen molar-refractivity contribution in [3.63, 3.8) is 0 Å². The number of carbonyl (C=O) groups excluding carboxylic acids is 1. The van der Waals surface area contributed by atoms with Gasteiger partial charge in [-0.2, -0.15) is 13.2 Å². The van der Waals surface area contributed by atoms with Crippen LogP contribution >= 0.6 is 11.3 Å². The van der Waals surface area contributed by atoms with E-state index in [1.807, 2.05) is 0 Å². The first-order valence-corrected chi connectivity index (χ1v) is 8.03. The fourth-order valence-corrected chi connectivity index (χ4v) is 2.71. The average Bonchev–Trinajstić information content (AvgIpc) is 2.94. The minimum Gasteiger partial charge on any atom is -0.296 e. The van der Waals surface area contributed by atoms with E-state index >= 15 is 0 Å². The molecule has 1 aromatic carbocycles. The first-order chi connectivity index (χ1) is 10.9. The highest BCUT2D eigenvalue weighted by molar-refractivity contribution is 7.15. The van der Waals surface area contributed by atoms with E-state index in [2.05, 4.69) is 22.4 Å². The van der Waals surface area contributed by atoms with E-state index in [9.17, 15) is 18.0 Å². The number of halogens is 3. The number of anilines is 1. The Morgan fingerprint density at radius 2 is 2.04 bits per heavy atom. The molecule has 4 nitrogen and oxygen atoms in total. The Kier molecular flexibility index (Phi) is 5.70. The number of unbranched alkanes of at least 4 members (excludes halogenated alkanes) is 2. The summed E-state index contributed by atoms with van der Waals surface area (Å²) in [5.74, 6) is -0.632. The topological polar surface area (TPSA) is 54.9 Å². The normalized spacial score (nSPS) is 11.5. The van der Waals surface area contributed by atoms with Gasteiger partial charge < -0.3 is 0 Å². The lowest BCUT2D eigenvalue weighted by Crippen LogP contribution is -2.13. The summed E-state index contributed by atoms with van der Waals surface area (Å²) >= 11 is 1.24. The molecule has 0 radical (unpaired) electrons. The maximum absolute atomic E-state index is 12.7. The lowest BCUT2D eigenvalue weighted by molar-refractivity contribution is -0.137.